The first-order valence-corrected chi connectivity index (χ1v) is 12.5. The van der Waals surface area contributed by atoms with Crippen molar-refractivity contribution >= 4 is 5.97 Å². The smallest absolute Gasteiger partial charge is 0.337 e. The van der Waals surface area contributed by atoms with Crippen LogP contribution in [-0.4, -0.2) is 36.6 Å². The number of hydrogen-bond donors (Lipinski definition) is 0. The van der Waals surface area contributed by atoms with E-state index in [4.69, 9.17) is 9.47 Å². The third-order valence-electron chi connectivity index (χ3n) is 6.84. The molecular formula is C31H39NO3. The normalized spacial score (nSPS) is 13.2. The molecule has 0 aliphatic carbocycles. The van der Waals surface area contributed by atoms with Gasteiger partial charge in [-0.3, -0.25) is 4.90 Å². The Bertz CT molecular complexity index is 1070. The van der Waals surface area contributed by atoms with Gasteiger partial charge in [0.25, 0.3) is 0 Å². The summed E-state index contributed by atoms with van der Waals surface area (Å²) in [7, 11) is 1.42. The van der Waals surface area contributed by atoms with E-state index in [9.17, 15) is 4.79 Å². The van der Waals surface area contributed by atoms with E-state index in [1.54, 1.807) is 6.07 Å². The molecule has 3 aromatic carbocycles. The summed E-state index contributed by atoms with van der Waals surface area (Å²) in [4.78, 5) is 15.0. The third-order valence-corrected chi connectivity index (χ3v) is 6.84. The Morgan fingerprint density at radius 3 is 2.06 bits per heavy atom. The summed E-state index contributed by atoms with van der Waals surface area (Å²) in [6.45, 7) is 12.6. The third kappa shape index (κ3) is 6.52. The molecule has 0 heterocycles. The van der Waals surface area contributed by atoms with E-state index in [-0.39, 0.29) is 11.4 Å². The van der Waals surface area contributed by atoms with E-state index in [1.165, 1.54) is 12.7 Å². The Morgan fingerprint density at radius 2 is 1.49 bits per heavy atom. The van der Waals surface area contributed by atoms with Crippen molar-refractivity contribution in [3.63, 3.8) is 0 Å². The quantitative estimate of drug-likeness (QED) is 0.285. The predicted molar refractivity (Wildman–Crippen MR) is 143 cm³/mol. The van der Waals surface area contributed by atoms with Crippen LogP contribution in [-0.2, 0) is 16.8 Å². The van der Waals surface area contributed by atoms with Crippen LogP contribution >= 0.6 is 0 Å². The second kappa shape index (κ2) is 12.0. The van der Waals surface area contributed by atoms with Crippen molar-refractivity contribution in [1.82, 2.24) is 4.90 Å². The van der Waals surface area contributed by atoms with Crippen LogP contribution in [0.2, 0.25) is 0 Å². The highest BCUT2D eigenvalue weighted by molar-refractivity contribution is 5.90. The summed E-state index contributed by atoms with van der Waals surface area (Å²) in [5, 5.41) is 0. The fraction of sp³-hybridized carbons (Fsp3) is 0.387. The minimum atomic E-state index is -0.376. The van der Waals surface area contributed by atoms with Gasteiger partial charge in [0, 0.05) is 23.1 Å². The molecule has 0 fully saturated rings. The van der Waals surface area contributed by atoms with Gasteiger partial charge < -0.3 is 9.47 Å². The van der Waals surface area contributed by atoms with E-state index < -0.39 is 0 Å². The summed E-state index contributed by atoms with van der Waals surface area (Å²) in [6.07, 6.45) is 0.875. The molecule has 0 N–H and O–H groups in total. The average Bonchev–Trinajstić information content (AvgIpc) is 2.87. The van der Waals surface area contributed by atoms with Gasteiger partial charge in [0.1, 0.15) is 12.4 Å². The zero-order valence-electron chi connectivity index (χ0n) is 22.0. The predicted octanol–water partition coefficient (Wildman–Crippen LogP) is 6.87. The Morgan fingerprint density at radius 1 is 0.886 bits per heavy atom. The van der Waals surface area contributed by atoms with Crippen molar-refractivity contribution in [1.29, 1.82) is 0 Å². The highest BCUT2D eigenvalue weighted by Gasteiger charge is 2.34. The lowest BCUT2D eigenvalue weighted by molar-refractivity contribution is 0.0600. The maximum absolute atomic E-state index is 12.5. The summed E-state index contributed by atoms with van der Waals surface area (Å²) in [5.41, 5.74) is 3.44. The first-order valence-electron chi connectivity index (χ1n) is 12.5. The standard InChI is InChI=1S/C31H39NO3/c1-23(2)32(24(3)4)20-19-31(5,27-15-11-8-12-16-27)28-21-26(30(33)34-6)17-18-29(28)35-22-25-13-9-7-10-14-25/h7-18,21,23-24H,19-20,22H2,1-6H3. The highest BCUT2D eigenvalue weighted by Crippen LogP contribution is 2.41. The monoisotopic (exact) mass is 473 g/mol. The fourth-order valence-corrected chi connectivity index (χ4v) is 4.77. The number of methoxy groups -OCH3 is 1. The lowest BCUT2D eigenvalue weighted by Crippen LogP contribution is -2.40. The summed E-state index contributed by atoms with van der Waals surface area (Å²) >= 11 is 0. The molecule has 3 rings (SSSR count). The van der Waals surface area contributed by atoms with Crippen molar-refractivity contribution in [3.05, 3.63) is 101 Å². The molecule has 0 aromatic heterocycles. The van der Waals surface area contributed by atoms with Gasteiger partial charge in [-0.25, -0.2) is 4.79 Å². The van der Waals surface area contributed by atoms with Gasteiger partial charge in [-0.1, -0.05) is 67.6 Å². The Labute approximate surface area is 210 Å². The van der Waals surface area contributed by atoms with E-state index in [1.807, 2.05) is 36.4 Å². The number of carbonyl (C=O) groups is 1. The average molecular weight is 474 g/mol. The van der Waals surface area contributed by atoms with Gasteiger partial charge in [-0.05, 0) is 70.0 Å². The molecule has 35 heavy (non-hydrogen) atoms. The van der Waals surface area contributed by atoms with Gasteiger partial charge in [-0.15, -0.1) is 0 Å². The molecule has 1 atom stereocenters. The second-order valence-corrected chi connectivity index (χ2v) is 9.85. The van der Waals surface area contributed by atoms with Gasteiger partial charge in [0.15, 0.2) is 0 Å². The molecule has 0 amide bonds. The largest absolute Gasteiger partial charge is 0.489 e. The van der Waals surface area contributed by atoms with E-state index in [2.05, 4.69) is 75.9 Å². The molecule has 4 heteroatoms. The summed E-state index contributed by atoms with van der Waals surface area (Å²) in [5.74, 6) is 0.441. The zero-order valence-corrected chi connectivity index (χ0v) is 22.0. The molecule has 0 saturated heterocycles. The summed E-state index contributed by atoms with van der Waals surface area (Å²) < 4.78 is 11.4. The maximum Gasteiger partial charge on any atom is 0.337 e. The Balaban J connectivity index is 2.09. The zero-order chi connectivity index (χ0) is 25.4. The lowest BCUT2D eigenvalue weighted by atomic mass is 9.72. The van der Waals surface area contributed by atoms with Gasteiger partial charge >= 0.3 is 5.97 Å². The lowest BCUT2D eigenvalue weighted by Gasteiger charge is -2.37. The fourth-order valence-electron chi connectivity index (χ4n) is 4.77. The molecule has 0 spiro atoms. The first-order chi connectivity index (χ1) is 16.8. The maximum atomic E-state index is 12.5. The van der Waals surface area contributed by atoms with E-state index in [0.29, 0.717) is 24.3 Å². The number of carbonyl (C=O) groups excluding carboxylic acids is 1. The minimum Gasteiger partial charge on any atom is -0.489 e. The number of esters is 1. The molecule has 1 unspecified atom stereocenters. The van der Waals surface area contributed by atoms with Crippen molar-refractivity contribution in [2.24, 2.45) is 0 Å². The van der Waals surface area contributed by atoms with Crippen molar-refractivity contribution < 1.29 is 14.3 Å². The highest BCUT2D eigenvalue weighted by atomic mass is 16.5. The van der Waals surface area contributed by atoms with Crippen LogP contribution in [0, 0.1) is 0 Å². The number of hydrogen-bond acceptors (Lipinski definition) is 4. The number of rotatable bonds is 11. The molecule has 3 aromatic rings. The van der Waals surface area contributed by atoms with Gasteiger partial charge in [-0.2, -0.15) is 0 Å². The minimum absolute atomic E-state index is 0.345. The molecular weight excluding hydrogens is 434 g/mol. The molecule has 0 saturated carbocycles. The molecule has 0 radical (unpaired) electrons. The van der Waals surface area contributed by atoms with Crippen LogP contribution in [0.3, 0.4) is 0 Å². The first kappa shape index (κ1) is 26.5. The topological polar surface area (TPSA) is 38.8 Å². The van der Waals surface area contributed by atoms with E-state index >= 15 is 0 Å². The molecule has 4 nitrogen and oxygen atoms in total. The van der Waals surface area contributed by atoms with Crippen molar-refractivity contribution in [2.45, 2.75) is 65.1 Å². The van der Waals surface area contributed by atoms with E-state index in [0.717, 1.165) is 29.8 Å². The van der Waals surface area contributed by atoms with Crippen LogP contribution in [0.1, 0.15) is 68.1 Å². The van der Waals surface area contributed by atoms with Crippen LogP contribution in [0.5, 0.6) is 5.75 Å². The number of ether oxygens (including phenoxy) is 2. The van der Waals surface area contributed by atoms with Crippen molar-refractivity contribution in [3.8, 4) is 5.75 Å². The number of nitrogens with zero attached hydrogens (tertiary/aromatic N) is 1. The number of benzene rings is 3. The van der Waals surface area contributed by atoms with Gasteiger partial charge in [0.05, 0.1) is 12.7 Å². The molecule has 0 aliphatic rings. The molecule has 186 valence electrons. The Kier molecular flexibility index (Phi) is 9.11. The SMILES string of the molecule is COC(=O)c1ccc(OCc2ccccc2)c(C(C)(CCN(C(C)C)C(C)C)c2ccccc2)c1. The Hall–Kier alpha value is -3.11. The van der Waals surface area contributed by atoms with Crippen molar-refractivity contribution in [2.75, 3.05) is 13.7 Å². The molecule has 0 aliphatic heterocycles. The van der Waals surface area contributed by atoms with Crippen LogP contribution in [0.15, 0.2) is 78.9 Å². The van der Waals surface area contributed by atoms with Gasteiger partial charge in [0.2, 0.25) is 0 Å². The van der Waals surface area contributed by atoms with Crippen LogP contribution in [0.4, 0.5) is 0 Å². The molecule has 0 bridgehead atoms. The van der Waals surface area contributed by atoms with Crippen LogP contribution < -0.4 is 4.74 Å². The van der Waals surface area contributed by atoms with Crippen LogP contribution in [0.25, 0.3) is 0 Å². The summed E-state index contributed by atoms with van der Waals surface area (Å²) in [6, 6.07) is 27.2. The second-order valence-electron chi connectivity index (χ2n) is 9.85.